The number of amides is 2. The third kappa shape index (κ3) is 4.51. The second kappa shape index (κ2) is 9.66. The summed E-state index contributed by atoms with van der Waals surface area (Å²) < 4.78 is 1.91. The van der Waals surface area contributed by atoms with Crippen molar-refractivity contribution >= 4 is 23.3 Å². The van der Waals surface area contributed by atoms with E-state index in [9.17, 15) is 9.59 Å². The van der Waals surface area contributed by atoms with Gasteiger partial charge < -0.3 is 10.6 Å². The topological polar surface area (TPSA) is 101 Å². The number of carbonyl (C=O) groups excluding carboxylic acids is 2. The third-order valence-corrected chi connectivity index (χ3v) is 6.78. The predicted molar refractivity (Wildman–Crippen MR) is 135 cm³/mol. The average molecular weight is 469 g/mol. The standard InChI is InChI=1S/C27H28N6O2/c1-17-22(18-11-13-20(14-12-18)25(34)28-2)9-6-10-23(17)26(35)30-21-15-29-27-32-31-24(33(27)16-21)19-7-4-3-5-8-19/h6,9-16,19H,3-5,7-8H2,1-2H3,(H,28,34)(H,30,35). The zero-order valence-electron chi connectivity index (χ0n) is 19.9. The second-order valence-electron chi connectivity index (χ2n) is 8.99. The van der Waals surface area contributed by atoms with Gasteiger partial charge in [0.15, 0.2) is 0 Å². The zero-order chi connectivity index (χ0) is 24.4. The average Bonchev–Trinajstić information content (AvgIpc) is 3.32. The monoisotopic (exact) mass is 468 g/mol. The first-order chi connectivity index (χ1) is 17.0. The Hall–Kier alpha value is -4.07. The molecule has 0 radical (unpaired) electrons. The van der Waals surface area contributed by atoms with Gasteiger partial charge in [0, 0.05) is 30.3 Å². The number of hydrogen-bond acceptors (Lipinski definition) is 5. The SMILES string of the molecule is CNC(=O)c1ccc(-c2cccc(C(=O)Nc3cnc4nnc(C5CCCCC5)n4c3)c2C)cc1. The van der Waals surface area contributed by atoms with Gasteiger partial charge in [0.2, 0.25) is 0 Å². The van der Waals surface area contributed by atoms with E-state index in [2.05, 4.69) is 25.8 Å². The fraction of sp³-hybridized carbons (Fsp3) is 0.296. The van der Waals surface area contributed by atoms with Crippen LogP contribution in [0.15, 0.2) is 54.9 Å². The zero-order valence-corrected chi connectivity index (χ0v) is 19.9. The van der Waals surface area contributed by atoms with Gasteiger partial charge in [0.1, 0.15) is 5.82 Å². The fourth-order valence-electron chi connectivity index (χ4n) is 4.85. The van der Waals surface area contributed by atoms with Crippen LogP contribution < -0.4 is 10.6 Å². The molecule has 5 rings (SSSR count). The van der Waals surface area contributed by atoms with Crippen LogP contribution in [-0.2, 0) is 0 Å². The molecule has 2 amide bonds. The van der Waals surface area contributed by atoms with Crippen LogP contribution in [0, 0.1) is 6.92 Å². The molecule has 2 heterocycles. The van der Waals surface area contributed by atoms with Crippen LogP contribution in [0.25, 0.3) is 16.9 Å². The Kier molecular flexibility index (Phi) is 6.27. The highest BCUT2D eigenvalue weighted by molar-refractivity contribution is 6.06. The van der Waals surface area contributed by atoms with Gasteiger partial charge in [-0.3, -0.25) is 14.0 Å². The van der Waals surface area contributed by atoms with Crippen molar-refractivity contribution in [2.45, 2.75) is 44.9 Å². The number of benzene rings is 2. The molecule has 35 heavy (non-hydrogen) atoms. The van der Waals surface area contributed by atoms with Crippen molar-refractivity contribution in [2.75, 3.05) is 12.4 Å². The van der Waals surface area contributed by atoms with Gasteiger partial charge >= 0.3 is 0 Å². The van der Waals surface area contributed by atoms with E-state index in [-0.39, 0.29) is 11.8 Å². The molecule has 0 bridgehead atoms. The highest BCUT2D eigenvalue weighted by Crippen LogP contribution is 2.32. The van der Waals surface area contributed by atoms with Gasteiger partial charge in [-0.1, -0.05) is 43.5 Å². The van der Waals surface area contributed by atoms with Crippen LogP contribution in [0.3, 0.4) is 0 Å². The van der Waals surface area contributed by atoms with E-state index in [1.807, 2.05) is 47.9 Å². The summed E-state index contributed by atoms with van der Waals surface area (Å²) in [7, 11) is 1.61. The molecule has 1 saturated carbocycles. The minimum atomic E-state index is -0.209. The molecule has 0 atom stereocenters. The molecular weight excluding hydrogens is 440 g/mol. The highest BCUT2D eigenvalue weighted by atomic mass is 16.2. The van der Waals surface area contributed by atoms with Gasteiger partial charge in [0.05, 0.1) is 11.9 Å². The normalized spacial score (nSPS) is 14.1. The summed E-state index contributed by atoms with van der Waals surface area (Å²) in [5, 5.41) is 14.2. The molecule has 0 aliphatic heterocycles. The summed E-state index contributed by atoms with van der Waals surface area (Å²) in [6.07, 6.45) is 9.36. The van der Waals surface area contributed by atoms with E-state index in [1.54, 1.807) is 25.4 Å². The van der Waals surface area contributed by atoms with Gasteiger partial charge in [-0.25, -0.2) is 4.98 Å². The summed E-state index contributed by atoms with van der Waals surface area (Å²) in [4.78, 5) is 29.5. The molecule has 2 N–H and O–H groups in total. The number of fused-ring (bicyclic) bond motifs is 1. The number of nitrogens with zero attached hydrogens (tertiary/aromatic N) is 4. The lowest BCUT2D eigenvalue weighted by Crippen LogP contribution is -2.17. The van der Waals surface area contributed by atoms with E-state index < -0.39 is 0 Å². The predicted octanol–water partition coefficient (Wildman–Crippen LogP) is 4.76. The number of hydrogen-bond donors (Lipinski definition) is 2. The molecule has 0 spiro atoms. The number of rotatable bonds is 5. The molecule has 2 aromatic heterocycles. The van der Waals surface area contributed by atoms with E-state index in [0.717, 1.165) is 35.4 Å². The lowest BCUT2D eigenvalue weighted by Gasteiger charge is -2.19. The Morgan fingerprint density at radius 2 is 1.74 bits per heavy atom. The van der Waals surface area contributed by atoms with Crippen LogP contribution in [0.2, 0.25) is 0 Å². The van der Waals surface area contributed by atoms with Crippen LogP contribution in [0.5, 0.6) is 0 Å². The molecule has 178 valence electrons. The van der Waals surface area contributed by atoms with Crippen molar-refractivity contribution in [3.63, 3.8) is 0 Å². The van der Waals surface area contributed by atoms with Crippen LogP contribution in [-0.4, -0.2) is 38.4 Å². The maximum Gasteiger partial charge on any atom is 0.256 e. The smallest absolute Gasteiger partial charge is 0.256 e. The third-order valence-electron chi connectivity index (χ3n) is 6.78. The van der Waals surface area contributed by atoms with Crippen molar-refractivity contribution in [1.29, 1.82) is 0 Å². The summed E-state index contributed by atoms with van der Waals surface area (Å²) in [6, 6.07) is 13.0. The highest BCUT2D eigenvalue weighted by Gasteiger charge is 2.22. The molecule has 2 aromatic carbocycles. The molecule has 0 saturated heterocycles. The molecule has 1 fully saturated rings. The number of anilines is 1. The summed E-state index contributed by atoms with van der Waals surface area (Å²) >= 11 is 0. The Bertz CT molecular complexity index is 1390. The largest absolute Gasteiger partial charge is 0.355 e. The maximum atomic E-state index is 13.2. The van der Waals surface area contributed by atoms with Gasteiger partial charge in [-0.2, -0.15) is 0 Å². The number of aromatic nitrogens is 4. The minimum absolute atomic E-state index is 0.133. The van der Waals surface area contributed by atoms with Crippen molar-refractivity contribution < 1.29 is 9.59 Å². The van der Waals surface area contributed by atoms with Crippen molar-refractivity contribution in [1.82, 2.24) is 24.9 Å². The number of nitrogens with one attached hydrogen (secondary N) is 2. The summed E-state index contributed by atoms with van der Waals surface area (Å²) in [5.74, 6) is 1.50. The van der Waals surface area contributed by atoms with Crippen molar-refractivity contribution in [3.05, 3.63) is 77.4 Å². The fourth-order valence-corrected chi connectivity index (χ4v) is 4.85. The van der Waals surface area contributed by atoms with E-state index in [0.29, 0.717) is 28.5 Å². The van der Waals surface area contributed by atoms with Gasteiger partial charge in [0.25, 0.3) is 17.6 Å². The Morgan fingerprint density at radius 3 is 2.49 bits per heavy atom. The first-order valence-corrected chi connectivity index (χ1v) is 12.0. The lowest BCUT2D eigenvalue weighted by molar-refractivity contribution is 0.0962. The lowest BCUT2D eigenvalue weighted by atomic mass is 9.89. The Morgan fingerprint density at radius 1 is 0.971 bits per heavy atom. The van der Waals surface area contributed by atoms with Crippen molar-refractivity contribution in [3.8, 4) is 11.1 Å². The Balaban J connectivity index is 1.40. The van der Waals surface area contributed by atoms with Gasteiger partial charge in [-0.15, -0.1) is 10.2 Å². The molecule has 1 aliphatic rings. The summed E-state index contributed by atoms with van der Waals surface area (Å²) in [6.45, 7) is 1.93. The minimum Gasteiger partial charge on any atom is -0.355 e. The van der Waals surface area contributed by atoms with Gasteiger partial charge in [-0.05, 0) is 54.7 Å². The molecule has 8 nitrogen and oxygen atoms in total. The van der Waals surface area contributed by atoms with E-state index in [4.69, 9.17) is 0 Å². The second-order valence-corrected chi connectivity index (χ2v) is 8.99. The van der Waals surface area contributed by atoms with E-state index >= 15 is 0 Å². The summed E-state index contributed by atoms with van der Waals surface area (Å²) in [5.41, 5.74) is 4.50. The quantitative estimate of drug-likeness (QED) is 0.440. The van der Waals surface area contributed by atoms with E-state index in [1.165, 1.54) is 19.3 Å². The number of carbonyl (C=O) groups is 2. The molecule has 0 unspecified atom stereocenters. The van der Waals surface area contributed by atoms with Crippen LogP contribution in [0.1, 0.15) is 70.1 Å². The van der Waals surface area contributed by atoms with Crippen LogP contribution >= 0.6 is 0 Å². The van der Waals surface area contributed by atoms with Crippen molar-refractivity contribution in [2.24, 2.45) is 0 Å². The maximum absolute atomic E-state index is 13.2. The molecule has 8 heteroatoms. The van der Waals surface area contributed by atoms with Crippen LogP contribution in [0.4, 0.5) is 5.69 Å². The first kappa shape index (κ1) is 22.7. The molecule has 4 aromatic rings. The molecular formula is C27H28N6O2. The first-order valence-electron chi connectivity index (χ1n) is 12.0. The molecule has 1 aliphatic carbocycles. The Labute approximate surface area is 203 Å².